The molecule has 0 unspecified atom stereocenters. The number of nitro groups is 1. The van der Waals surface area contributed by atoms with Crippen LogP contribution in [0.4, 0.5) is 20.2 Å². The predicted molar refractivity (Wildman–Crippen MR) is 67.3 cm³/mol. The Hall–Kier alpha value is -1.76. The van der Waals surface area contributed by atoms with Gasteiger partial charge in [0.2, 0.25) is 5.82 Å². The molecule has 1 aliphatic rings. The molecule has 104 valence electrons. The van der Waals surface area contributed by atoms with Gasteiger partial charge in [-0.2, -0.15) is 4.39 Å². The van der Waals surface area contributed by atoms with E-state index in [-0.39, 0.29) is 11.7 Å². The van der Waals surface area contributed by atoms with E-state index >= 15 is 0 Å². The maximum atomic E-state index is 13.6. The number of hydrogen-bond acceptors (Lipinski definition) is 4. The monoisotopic (exact) mass is 271 g/mol. The summed E-state index contributed by atoms with van der Waals surface area (Å²) in [6, 6.07) is 1.62. The molecule has 0 radical (unpaired) electrons. The van der Waals surface area contributed by atoms with E-state index in [4.69, 9.17) is 0 Å². The minimum atomic E-state index is -1.13. The molecule has 0 amide bonds. The van der Waals surface area contributed by atoms with Crippen LogP contribution in [0.5, 0.6) is 0 Å². The van der Waals surface area contributed by atoms with Crippen molar-refractivity contribution in [3.05, 3.63) is 33.9 Å². The molecule has 1 fully saturated rings. The largest absolute Gasteiger partial charge is 0.360 e. The Labute approximate surface area is 109 Å². The van der Waals surface area contributed by atoms with Crippen molar-refractivity contribution < 1.29 is 13.7 Å². The topological polar surface area (TPSA) is 58.4 Å². The average Bonchev–Trinajstić information content (AvgIpc) is 2.24. The van der Waals surface area contributed by atoms with E-state index in [1.165, 1.54) is 0 Å². The summed E-state index contributed by atoms with van der Waals surface area (Å²) in [4.78, 5) is 11.9. The van der Waals surface area contributed by atoms with Gasteiger partial charge < -0.3 is 10.2 Å². The molecule has 1 aromatic carbocycles. The normalized spacial score (nSPS) is 15.1. The van der Waals surface area contributed by atoms with Gasteiger partial charge >= 0.3 is 5.69 Å². The maximum absolute atomic E-state index is 13.6. The highest BCUT2D eigenvalue weighted by atomic mass is 19.1. The van der Waals surface area contributed by atoms with Crippen LogP contribution in [0.25, 0.3) is 0 Å². The summed E-state index contributed by atoms with van der Waals surface area (Å²) in [6.07, 6.45) is 0.742. The second-order valence-electron chi connectivity index (χ2n) is 4.52. The molecule has 5 nitrogen and oxygen atoms in total. The van der Waals surface area contributed by atoms with Crippen LogP contribution in [0.3, 0.4) is 0 Å². The van der Waals surface area contributed by atoms with Crippen molar-refractivity contribution in [1.29, 1.82) is 0 Å². The molecule has 0 atom stereocenters. The standard InChI is InChI=1S/C12H15F2N3O2/c1-2-3-16(9-6-15-7-9)11-5-8(13)4-10(14)12(11)17(18)19/h4-5,9,15H,2-3,6-7H2,1H3. The number of benzene rings is 1. The Morgan fingerprint density at radius 2 is 2.16 bits per heavy atom. The Kier molecular flexibility index (Phi) is 3.94. The molecule has 1 aliphatic heterocycles. The molecule has 19 heavy (non-hydrogen) atoms. The quantitative estimate of drug-likeness (QED) is 0.658. The molecule has 0 spiro atoms. The van der Waals surface area contributed by atoms with Crippen molar-refractivity contribution in [3.8, 4) is 0 Å². The summed E-state index contributed by atoms with van der Waals surface area (Å²) in [7, 11) is 0. The third-order valence-corrected chi connectivity index (χ3v) is 3.17. The average molecular weight is 271 g/mol. The highest BCUT2D eigenvalue weighted by Gasteiger charge is 2.32. The third-order valence-electron chi connectivity index (χ3n) is 3.17. The van der Waals surface area contributed by atoms with E-state index in [0.29, 0.717) is 25.7 Å². The van der Waals surface area contributed by atoms with Gasteiger partial charge in [-0.3, -0.25) is 10.1 Å². The molecule has 1 N–H and O–H groups in total. The summed E-state index contributed by atoms with van der Waals surface area (Å²) < 4.78 is 27.0. The third kappa shape index (κ3) is 2.65. The molecule has 0 aromatic heterocycles. The molecular weight excluding hydrogens is 256 g/mol. The van der Waals surface area contributed by atoms with E-state index in [1.807, 2.05) is 6.92 Å². The smallest absolute Gasteiger partial charge is 0.328 e. The van der Waals surface area contributed by atoms with Gasteiger partial charge in [-0.05, 0) is 6.42 Å². The summed E-state index contributed by atoms with van der Waals surface area (Å²) in [5.41, 5.74) is -0.627. The number of anilines is 1. The molecule has 2 rings (SSSR count). The van der Waals surface area contributed by atoms with Crippen LogP contribution in [-0.2, 0) is 0 Å². The minimum absolute atomic E-state index is 0.0239. The van der Waals surface area contributed by atoms with Crippen molar-refractivity contribution in [1.82, 2.24) is 5.32 Å². The Balaban J connectivity index is 2.47. The summed E-state index contributed by atoms with van der Waals surface area (Å²) in [5, 5.41) is 14.0. The molecular formula is C12H15F2N3O2. The highest BCUT2D eigenvalue weighted by molar-refractivity contribution is 5.65. The van der Waals surface area contributed by atoms with Gasteiger partial charge in [0.25, 0.3) is 0 Å². The van der Waals surface area contributed by atoms with E-state index < -0.39 is 22.2 Å². The van der Waals surface area contributed by atoms with Crippen LogP contribution in [0.15, 0.2) is 12.1 Å². The second kappa shape index (κ2) is 5.48. The van der Waals surface area contributed by atoms with Crippen LogP contribution < -0.4 is 10.2 Å². The van der Waals surface area contributed by atoms with Crippen LogP contribution in [-0.4, -0.2) is 30.6 Å². The predicted octanol–water partition coefficient (Wildman–Crippen LogP) is 2.06. The van der Waals surface area contributed by atoms with Crippen molar-refractivity contribution in [3.63, 3.8) is 0 Å². The summed E-state index contributed by atoms with van der Waals surface area (Å²) >= 11 is 0. The zero-order chi connectivity index (χ0) is 14.0. The lowest BCUT2D eigenvalue weighted by molar-refractivity contribution is -0.386. The summed E-state index contributed by atoms with van der Waals surface area (Å²) in [6.45, 7) is 3.77. The number of nitrogens with zero attached hydrogens (tertiary/aromatic N) is 2. The van der Waals surface area contributed by atoms with Gasteiger partial charge in [0.05, 0.1) is 11.0 Å². The Morgan fingerprint density at radius 3 is 2.63 bits per heavy atom. The Bertz CT molecular complexity index is 492. The van der Waals surface area contributed by atoms with Crippen molar-refractivity contribution >= 4 is 11.4 Å². The van der Waals surface area contributed by atoms with E-state index in [9.17, 15) is 18.9 Å². The molecule has 1 aromatic rings. The number of halogens is 2. The molecule has 0 bridgehead atoms. The van der Waals surface area contributed by atoms with Gasteiger partial charge in [0.15, 0.2) is 0 Å². The van der Waals surface area contributed by atoms with Crippen molar-refractivity contribution in [2.24, 2.45) is 0 Å². The number of nitro benzene ring substituents is 1. The lowest BCUT2D eigenvalue weighted by Gasteiger charge is -2.39. The molecule has 7 heteroatoms. The zero-order valence-corrected chi connectivity index (χ0v) is 10.5. The van der Waals surface area contributed by atoms with Crippen LogP contribution in [0, 0.1) is 21.7 Å². The van der Waals surface area contributed by atoms with E-state index in [0.717, 1.165) is 12.5 Å². The lowest BCUT2D eigenvalue weighted by Crippen LogP contribution is -2.57. The Morgan fingerprint density at radius 1 is 1.47 bits per heavy atom. The molecule has 0 saturated carbocycles. The fraction of sp³-hybridized carbons (Fsp3) is 0.500. The highest BCUT2D eigenvalue weighted by Crippen LogP contribution is 2.33. The van der Waals surface area contributed by atoms with Crippen LogP contribution >= 0.6 is 0 Å². The van der Waals surface area contributed by atoms with Crippen LogP contribution in [0.1, 0.15) is 13.3 Å². The first-order valence-electron chi connectivity index (χ1n) is 6.15. The first-order valence-corrected chi connectivity index (χ1v) is 6.15. The fourth-order valence-corrected chi connectivity index (χ4v) is 2.19. The van der Waals surface area contributed by atoms with Gasteiger partial charge in [0.1, 0.15) is 11.5 Å². The fourth-order valence-electron chi connectivity index (χ4n) is 2.19. The van der Waals surface area contributed by atoms with Gasteiger partial charge in [0, 0.05) is 31.8 Å². The van der Waals surface area contributed by atoms with Gasteiger partial charge in [-0.1, -0.05) is 6.92 Å². The first-order chi connectivity index (χ1) is 9.04. The number of nitrogens with one attached hydrogen (secondary N) is 1. The van der Waals surface area contributed by atoms with Crippen molar-refractivity contribution in [2.45, 2.75) is 19.4 Å². The first kappa shape index (κ1) is 13.7. The maximum Gasteiger partial charge on any atom is 0.328 e. The van der Waals surface area contributed by atoms with Crippen molar-refractivity contribution in [2.75, 3.05) is 24.5 Å². The van der Waals surface area contributed by atoms with E-state index in [1.54, 1.807) is 4.90 Å². The second-order valence-corrected chi connectivity index (χ2v) is 4.52. The van der Waals surface area contributed by atoms with Gasteiger partial charge in [-0.25, -0.2) is 4.39 Å². The minimum Gasteiger partial charge on any atom is -0.360 e. The van der Waals surface area contributed by atoms with Gasteiger partial charge in [-0.15, -0.1) is 0 Å². The molecule has 0 aliphatic carbocycles. The number of hydrogen-bond donors (Lipinski definition) is 1. The zero-order valence-electron chi connectivity index (χ0n) is 10.5. The SMILES string of the molecule is CCCN(c1cc(F)cc(F)c1[N+](=O)[O-])C1CNC1. The molecule has 1 saturated heterocycles. The van der Waals surface area contributed by atoms with Crippen LogP contribution in [0.2, 0.25) is 0 Å². The molecule has 1 heterocycles. The number of rotatable bonds is 5. The van der Waals surface area contributed by atoms with E-state index in [2.05, 4.69) is 5.32 Å². The lowest BCUT2D eigenvalue weighted by atomic mass is 10.1. The summed E-state index contributed by atoms with van der Waals surface area (Å²) in [5.74, 6) is -1.93.